The van der Waals surface area contributed by atoms with Gasteiger partial charge in [-0.3, -0.25) is 0 Å². The van der Waals surface area contributed by atoms with Crippen molar-refractivity contribution in [2.45, 2.75) is 0 Å². The molecule has 0 bridgehead atoms. The zero-order valence-electron chi connectivity index (χ0n) is 3.62. The SMILES string of the molecule is P.[K].[Mg].[Si].[Zn]. The normalized spacial score (nSPS) is 0. The van der Waals surface area contributed by atoms with Crippen LogP contribution in [-0.2, 0) is 19.5 Å². The van der Waals surface area contributed by atoms with E-state index in [-0.39, 0.29) is 115 Å². The summed E-state index contributed by atoms with van der Waals surface area (Å²) in [5.74, 6) is 0. The van der Waals surface area contributed by atoms with Crippen LogP contribution in [0.5, 0.6) is 0 Å². The van der Waals surface area contributed by atoms with E-state index < -0.39 is 0 Å². The van der Waals surface area contributed by atoms with Gasteiger partial charge in [-0.25, -0.2) is 0 Å². The second-order valence-electron chi connectivity index (χ2n) is 0. The molecular formula is H3KMgPSiZn. The first-order valence-electron chi connectivity index (χ1n) is 0. The molecule has 0 rings (SSSR count). The maximum absolute atomic E-state index is 0. The van der Waals surface area contributed by atoms with Gasteiger partial charge < -0.3 is 0 Å². The minimum Gasteiger partial charge on any atom is -0.153 e. The fourth-order valence-electron chi connectivity index (χ4n) is 0. The van der Waals surface area contributed by atoms with Crippen LogP contribution < -0.4 is 0 Å². The van der Waals surface area contributed by atoms with Gasteiger partial charge in [-0.1, -0.05) is 0 Å². The Hall–Kier alpha value is 3.67. The van der Waals surface area contributed by atoms with Gasteiger partial charge in [-0.2, -0.15) is 9.90 Å². The van der Waals surface area contributed by atoms with E-state index in [1.54, 1.807) is 0 Å². The largest absolute Gasteiger partial charge is 0.153 e. The van der Waals surface area contributed by atoms with Crippen LogP contribution in [0.3, 0.4) is 0 Å². The van der Waals surface area contributed by atoms with Crippen molar-refractivity contribution in [1.82, 2.24) is 0 Å². The van der Waals surface area contributed by atoms with Gasteiger partial charge in [-0.15, -0.1) is 0 Å². The van der Waals surface area contributed by atoms with E-state index in [1.807, 2.05) is 0 Å². The third-order valence-corrected chi connectivity index (χ3v) is 0. The van der Waals surface area contributed by atoms with E-state index in [0.29, 0.717) is 0 Å². The average molecular weight is 191 g/mol. The number of rotatable bonds is 0. The topological polar surface area (TPSA) is 0 Å². The van der Waals surface area contributed by atoms with Crippen molar-refractivity contribution >= 4 is 95.3 Å². The second-order valence-corrected chi connectivity index (χ2v) is 0. The van der Waals surface area contributed by atoms with Crippen LogP contribution in [0.15, 0.2) is 0 Å². The van der Waals surface area contributed by atoms with Gasteiger partial charge in [0.25, 0.3) is 0 Å². The van der Waals surface area contributed by atoms with Crippen molar-refractivity contribution in [3.05, 3.63) is 0 Å². The van der Waals surface area contributed by atoms with E-state index in [2.05, 4.69) is 0 Å². The molecule has 0 spiro atoms. The molecule has 0 heterocycles. The zero-order chi connectivity index (χ0) is 0. The van der Waals surface area contributed by atoms with Crippen LogP contribution in [0, 0.1) is 0 Å². The molecule has 0 nitrogen and oxygen atoms in total. The molecule has 0 aliphatic carbocycles. The van der Waals surface area contributed by atoms with Gasteiger partial charge in [0.05, 0.1) is 0 Å². The van der Waals surface area contributed by atoms with Crippen molar-refractivity contribution in [3.8, 4) is 0 Å². The first kappa shape index (κ1) is 37.9. The Bertz CT molecular complexity index is 11.6. The average Bonchev–Trinajstić information content (AvgIpc) is 0. The monoisotopic (exact) mass is 189 g/mol. The number of hydrogen-bond acceptors (Lipinski definition) is 0. The molecule has 0 saturated heterocycles. The minimum absolute atomic E-state index is 0. The molecule has 0 aliphatic rings. The maximum Gasteiger partial charge on any atom is 0 e. The molecule has 0 amide bonds. The van der Waals surface area contributed by atoms with Crippen molar-refractivity contribution in [3.63, 3.8) is 0 Å². The Kier molecular flexibility index (Phi) is 192. The summed E-state index contributed by atoms with van der Waals surface area (Å²) in [6, 6.07) is 0. The summed E-state index contributed by atoms with van der Waals surface area (Å²) in [7, 11) is 0. The van der Waals surface area contributed by atoms with E-state index in [4.69, 9.17) is 0 Å². The fourth-order valence-corrected chi connectivity index (χ4v) is 0. The molecular weight excluding hydrogens is 188 g/mol. The molecule has 0 N–H and O–H groups in total. The summed E-state index contributed by atoms with van der Waals surface area (Å²) in [5, 5.41) is 0. The van der Waals surface area contributed by atoms with Crippen LogP contribution in [0.2, 0.25) is 0 Å². The quantitative estimate of drug-likeness (QED) is 0.337. The molecule has 0 aromatic carbocycles. The zero-order valence-corrected chi connectivity index (χ0v) is 13.5. The molecule has 0 aromatic rings. The van der Waals surface area contributed by atoms with Gasteiger partial charge in [0.1, 0.15) is 0 Å². The Labute approximate surface area is 112 Å². The van der Waals surface area contributed by atoms with E-state index in [0.717, 1.165) is 0 Å². The summed E-state index contributed by atoms with van der Waals surface area (Å²) in [6.07, 6.45) is 0. The molecule has 0 saturated carbocycles. The standard InChI is InChI=1S/K.Mg.H3P.Si.Zn/h;;1H3;;. The Morgan fingerprint density at radius 2 is 1.00 bits per heavy atom. The van der Waals surface area contributed by atoms with E-state index in [1.165, 1.54) is 0 Å². The molecule has 7 radical (unpaired) electrons. The fraction of sp³-hybridized carbons (Fsp3) is 0. The van der Waals surface area contributed by atoms with Gasteiger partial charge >= 0.3 is 0 Å². The van der Waals surface area contributed by atoms with E-state index >= 15 is 0 Å². The first-order valence-corrected chi connectivity index (χ1v) is 0. The van der Waals surface area contributed by atoms with Gasteiger partial charge in [0.2, 0.25) is 0 Å². The third-order valence-electron chi connectivity index (χ3n) is 0. The Morgan fingerprint density at radius 3 is 1.00 bits per heavy atom. The van der Waals surface area contributed by atoms with Gasteiger partial charge in [0.15, 0.2) is 0 Å². The van der Waals surface area contributed by atoms with Crippen LogP contribution >= 0.6 is 9.90 Å². The van der Waals surface area contributed by atoms with Crippen LogP contribution in [0.4, 0.5) is 0 Å². The van der Waals surface area contributed by atoms with Crippen molar-refractivity contribution in [2.75, 3.05) is 0 Å². The van der Waals surface area contributed by atoms with Crippen LogP contribution in [0.1, 0.15) is 0 Å². The Morgan fingerprint density at radius 1 is 1.00 bits per heavy atom. The summed E-state index contributed by atoms with van der Waals surface area (Å²) in [6.45, 7) is 0. The molecule has 0 fully saturated rings. The van der Waals surface area contributed by atoms with Gasteiger partial charge in [0, 0.05) is 105 Å². The molecule has 5 heavy (non-hydrogen) atoms. The van der Waals surface area contributed by atoms with Gasteiger partial charge in [-0.05, 0) is 0 Å². The minimum atomic E-state index is 0. The first-order chi connectivity index (χ1) is 0. The molecule has 1 unspecified atom stereocenters. The predicted octanol–water partition coefficient (Wildman–Crippen LogP) is -1.09. The molecule has 0 aliphatic heterocycles. The van der Waals surface area contributed by atoms with Crippen LogP contribution in [0.25, 0.3) is 0 Å². The summed E-state index contributed by atoms with van der Waals surface area (Å²) < 4.78 is 0. The molecule has 5 heteroatoms. The second kappa shape index (κ2) is 25.3. The summed E-state index contributed by atoms with van der Waals surface area (Å²) >= 11 is 0. The molecule has 1 atom stereocenters. The molecule has 0 aromatic heterocycles. The molecule has 17 valence electrons. The summed E-state index contributed by atoms with van der Waals surface area (Å²) in [4.78, 5) is 0. The summed E-state index contributed by atoms with van der Waals surface area (Å²) in [5.41, 5.74) is 0. The third kappa shape index (κ3) is 18.3. The van der Waals surface area contributed by atoms with Crippen molar-refractivity contribution < 1.29 is 19.5 Å². The van der Waals surface area contributed by atoms with Crippen molar-refractivity contribution in [1.29, 1.82) is 0 Å². The van der Waals surface area contributed by atoms with Crippen molar-refractivity contribution in [2.24, 2.45) is 0 Å². The maximum atomic E-state index is 0. The number of hydrogen-bond donors (Lipinski definition) is 0. The smallest absolute Gasteiger partial charge is 0 e. The Balaban J connectivity index is 0. The van der Waals surface area contributed by atoms with Crippen LogP contribution in [-0.4, -0.2) is 85.4 Å². The van der Waals surface area contributed by atoms with E-state index in [9.17, 15) is 0 Å². The predicted molar refractivity (Wildman–Crippen MR) is 28.4 cm³/mol.